The minimum atomic E-state index is -0.635. The summed E-state index contributed by atoms with van der Waals surface area (Å²) in [6.07, 6.45) is 5.68. The third-order valence-electron chi connectivity index (χ3n) is 6.85. The van der Waals surface area contributed by atoms with Crippen molar-refractivity contribution in [1.82, 2.24) is 14.5 Å². The van der Waals surface area contributed by atoms with E-state index in [1.807, 2.05) is 43.8 Å². The van der Waals surface area contributed by atoms with Crippen molar-refractivity contribution in [2.75, 3.05) is 18.0 Å². The number of benzene rings is 1. The average Bonchev–Trinajstić information content (AvgIpc) is 3.15. The third kappa shape index (κ3) is 5.01. The van der Waals surface area contributed by atoms with Crippen molar-refractivity contribution >= 4 is 11.6 Å². The molecule has 0 bridgehead atoms. The van der Waals surface area contributed by atoms with E-state index in [1.165, 1.54) is 5.56 Å². The molecule has 6 heteroatoms. The lowest BCUT2D eigenvalue weighted by molar-refractivity contribution is 0.00645. The molecule has 0 radical (unpaired) electrons. The highest BCUT2D eigenvalue weighted by molar-refractivity contribution is 5.96. The summed E-state index contributed by atoms with van der Waals surface area (Å²) in [6, 6.07) is 10.2. The first kappa shape index (κ1) is 23.2. The van der Waals surface area contributed by atoms with Crippen LogP contribution in [0, 0.1) is 19.8 Å². The van der Waals surface area contributed by atoms with Crippen molar-refractivity contribution in [2.45, 2.75) is 52.6 Å². The Balaban J connectivity index is 1.44. The van der Waals surface area contributed by atoms with Crippen molar-refractivity contribution in [3.05, 3.63) is 65.1 Å². The molecular formula is C27H34N4O2. The number of hydrogen-bond donors (Lipinski definition) is 1. The largest absolute Gasteiger partial charge is 0.390 e. The topological polar surface area (TPSA) is 71.2 Å². The standard InChI is InChI=1S/C27H34N4O2/c1-18-6-8-21(9-7-18)26-29-17-23(30(26)5)24(32)15-20-14-19(2)25(28-16-20)31-12-10-22(11-13-31)27(3,4)33/h6-9,14,16-17,22,33H,10-13,15H2,1-5H3. The number of ketones is 1. The summed E-state index contributed by atoms with van der Waals surface area (Å²) in [7, 11) is 1.89. The second-order valence-electron chi connectivity index (χ2n) is 9.89. The fourth-order valence-electron chi connectivity index (χ4n) is 4.77. The molecule has 0 aliphatic carbocycles. The number of pyridine rings is 1. The number of Topliss-reactive ketones (excluding diaryl/α,β-unsaturated/α-hetero) is 1. The monoisotopic (exact) mass is 446 g/mol. The van der Waals surface area contributed by atoms with E-state index in [1.54, 1.807) is 6.20 Å². The molecule has 4 rings (SSSR count). The number of carbonyl (C=O) groups is 1. The van der Waals surface area contributed by atoms with E-state index in [2.05, 4.69) is 41.9 Å². The Hall–Kier alpha value is -2.99. The number of aromatic nitrogens is 3. The number of aryl methyl sites for hydroxylation is 2. The van der Waals surface area contributed by atoms with Crippen LogP contribution in [0.5, 0.6) is 0 Å². The second kappa shape index (κ2) is 9.10. The SMILES string of the molecule is Cc1ccc(-c2ncc(C(=O)Cc3cnc(N4CCC(C(C)(C)O)CC4)c(C)c3)n2C)cc1. The van der Waals surface area contributed by atoms with Gasteiger partial charge < -0.3 is 14.6 Å². The molecule has 1 saturated heterocycles. The Morgan fingerprint density at radius 3 is 2.36 bits per heavy atom. The van der Waals surface area contributed by atoms with E-state index >= 15 is 0 Å². The smallest absolute Gasteiger partial charge is 0.185 e. The minimum Gasteiger partial charge on any atom is -0.390 e. The minimum absolute atomic E-state index is 0.0308. The maximum atomic E-state index is 13.0. The van der Waals surface area contributed by atoms with Gasteiger partial charge in [-0.1, -0.05) is 35.9 Å². The molecule has 3 aromatic rings. The molecule has 0 atom stereocenters. The zero-order valence-electron chi connectivity index (χ0n) is 20.3. The fourth-order valence-corrected chi connectivity index (χ4v) is 4.77. The zero-order chi connectivity index (χ0) is 23.8. The van der Waals surface area contributed by atoms with Crippen molar-refractivity contribution in [2.24, 2.45) is 13.0 Å². The Kier molecular flexibility index (Phi) is 6.39. The summed E-state index contributed by atoms with van der Waals surface area (Å²) >= 11 is 0. The van der Waals surface area contributed by atoms with Gasteiger partial charge in [0.25, 0.3) is 0 Å². The lowest BCUT2D eigenvalue weighted by atomic mass is 9.83. The van der Waals surface area contributed by atoms with Gasteiger partial charge in [0.2, 0.25) is 0 Å². The second-order valence-corrected chi connectivity index (χ2v) is 9.89. The van der Waals surface area contributed by atoms with Gasteiger partial charge >= 0.3 is 0 Å². The lowest BCUT2D eigenvalue weighted by Gasteiger charge is -2.38. The van der Waals surface area contributed by atoms with Gasteiger partial charge in [0.05, 0.1) is 11.8 Å². The van der Waals surface area contributed by atoms with Gasteiger partial charge in [-0.2, -0.15) is 0 Å². The van der Waals surface area contributed by atoms with E-state index in [4.69, 9.17) is 4.98 Å². The summed E-state index contributed by atoms with van der Waals surface area (Å²) < 4.78 is 1.87. The third-order valence-corrected chi connectivity index (χ3v) is 6.85. The van der Waals surface area contributed by atoms with Crippen LogP contribution in [-0.4, -0.2) is 44.1 Å². The maximum absolute atomic E-state index is 13.0. The summed E-state index contributed by atoms with van der Waals surface area (Å²) in [6.45, 7) is 9.67. The number of imidazole rings is 1. The quantitative estimate of drug-likeness (QED) is 0.564. The normalized spacial score (nSPS) is 15.2. The predicted octanol–water partition coefficient (Wildman–Crippen LogP) is 4.51. The summed E-state index contributed by atoms with van der Waals surface area (Å²) in [5.74, 6) is 2.11. The van der Waals surface area contributed by atoms with E-state index in [0.29, 0.717) is 18.0 Å². The molecule has 0 amide bonds. The Bertz CT molecular complexity index is 1130. The zero-order valence-corrected chi connectivity index (χ0v) is 20.3. The highest BCUT2D eigenvalue weighted by atomic mass is 16.3. The first-order chi connectivity index (χ1) is 15.6. The van der Waals surface area contributed by atoms with Gasteiger partial charge in [0.1, 0.15) is 17.3 Å². The lowest BCUT2D eigenvalue weighted by Crippen LogP contribution is -2.42. The van der Waals surface area contributed by atoms with E-state index < -0.39 is 5.60 Å². The summed E-state index contributed by atoms with van der Waals surface area (Å²) in [5, 5.41) is 10.3. The van der Waals surface area contributed by atoms with Crippen LogP contribution in [0.25, 0.3) is 11.4 Å². The Labute approximate surface area is 196 Å². The first-order valence-corrected chi connectivity index (χ1v) is 11.7. The molecule has 33 heavy (non-hydrogen) atoms. The molecule has 3 heterocycles. The van der Waals surface area contributed by atoms with Gasteiger partial charge in [-0.05, 0) is 57.6 Å². The van der Waals surface area contributed by atoms with Crippen molar-refractivity contribution < 1.29 is 9.90 Å². The number of rotatable bonds is 6. The highest BCUT2D eigenvalue weighted by Gasteiger charge is 2.31. The molecule has 1 aliphatic rings. The van der Waals surface area contributed by atoms with Crippen LogP contribution in [0.3, 0.4) is 0 Å². The highest BCUT2D eigenvalue weighted by Crippen LogP contribution is 2.31. The van der Waals surface area contributed by atoms with Crippen molar-refractivity contribution in [1.29, 1.82) is 0 Å². The predicted molar refractivity (Wildman–Crippen MR) is 132 cm³/mol. The van der Waals surface area contributed by atoms with Gasteiger partial charge in [-0.25, -0.2) is 9.97 Å². The van der Waals surface area contributed by atoms with Crippen LogP contribution >= 0.6 is 0 Å². The van der Waals surface area contributed by atoms with E-state index in [0.717, 1.165) is 54.3 Å². The fraction of sp³-hybridized carbons (Fsp3) is 0.444. The van der Waals surface area contributed by atoms with Crippen LogP contribution in [0.1, 0.15) is 53.9 Å². The van der Waals surface area contributed by atoms with Crippen LogP contribution < -0.4 is 4.90 Å². The number of anilines is 1. The average molecular weight is 447 g/mol. The molecule has 6 nitrogen and oxygen atoms in total. The molecule has 1 N–H and O–H groups in total. The van der Waals surface area contributed by atoms with Crippen molar-refractivity contribution in [3.8, 4) is 11.4 Å². The van der Waals surface area contributed by atoms with Crippen LogP contribution in [0.2, 0.25) is 0 Å². The van der Waals surface area contributed by atoms with Gasteiger partial charge in [-0.3, -0.25) is 4.79 Å². The van der Waals surface area contributed by atoms with Crippen LogP contribution in [0.15, 0.2) is 42.7 Å². The Morgan fingerprint density at radius 2 is 1.76 bits per heavy atom. The maximum Gasteiger partial charge on any atom is 0.185 e. The molecule has 0 spiro atoms. The van der Waals surface area contributed by atoms with Gasteiger partial charge in [-0.15, -0.1) is 0 Å². The number of aliphatic hydroxyl groups is 1. The molecular weight excluding hydrogens is 412 g/mol. The molecule has 0 saturated carbocycles. The number of nitrogens with zero attached hydrogens (tertiary/aromatic N) is 4. The molecule has 174 valence electrons. The number of piperidine rings is 1. The summed E-state index contributed by atoms with van der Waals surface area (Å²) in [5.41, 5.74) is 4.14. The molecule has 1 fully saturated rings. The number of carbonyl (C=O) groups excluding carboxylic acids is 1. The van der Waals surface area contributed by atoms with E-state index in [-0.39, 0.29) is 5.78 Å². The molecule has 2 aromatic heterocycles. The molecule has 0 unspecified atom stereocenters. The summed E-state index contributed by atoms with van der Waals surface area (Å²) in [4.78, 5) is 24.5. The molecule has 1 aliphatic heterocycles. The van der Waals surface area contributed by atoms with Crippen LogP contribution in [0.4, 0.5) is 5.82 Å². The number of hydrogen-bond acceptors (Lipinski definition) is 5. The first-order valence-electron chi connectivity index (χ1n) is 11.7. The van der Waals surface area contributed by atoms with Gasteiger partial charge in [0, 0.05) is 38.3 Å². The Morgan fingerprint density at radius 1 is 1.09 bits per heavy atom. The van der Waals surface area contributed by atoms with E-state index in [9.17, 15) is 9.90 Å². The van der Waals surface area contributed by atoms with Crippen molar-refractivity contribution in [3.63, 3.8) is 0 Å². The van der Waals surface area contributed by atoms with Crippen LogP contribution in [-0.2, 0) is 13.5 Å². The molecule has 1 aromatic carbocycles. The van der Waals surface area contributed by atoms with Gasteiger partial charge in [0.15, 0.2) is 5.78 Å².